The fraction of sp³-hybridized carbons (Fsp3) is 0.318. The molecule has 3 rings (SSSR count). The third-order valence-electron chi connectivity index (χ3n) is 4.36. The van der Waals surface area contributed by atoms with Gasteiger partial charge in [-0.2, -0.15) is 0 Å². The summed E-state index contributed by atoms with van der Waals surface area (Å²) in [5.41, 5.74) is 1.51. The molecule has 7 nitrogen and oxygen atoms in total. The van der Waals surface area contributed by atoms with Crippen molar-refractivity contribution in [3.63, 3.8) is 0 Å². The maximum Gasteiger partial charge on any atom is 0.338 e. The van der Waals surface area contributed by atoms with Crippen molar-refractivity contribution in [1.29, 1.82) is 0 Å². The maximum absolute atomic E-state index is 12.5. The number of para-hydroxylation sites is 2. The van der Waals surface area contributed by atoms with Crippen molar-refractivity contribution in [3.8, 4) is 5.75 Å². The monoisotopic (exact) mass is 396 g/mol. The van der Waals surface area contributed by atoms with Crippen LogP contribution in [-0.2, 0) is 14.3 Å². The molecule has 0 fully saturated rings. The number of hydrogen-bond donors (Lipinski definition) is 1. The summed E-state index contributed by atoms with van der Waals surface area (Å²) in [5.74, 6) is -0.268. The Morgan fingerprint density at radius 3 is 2.69 bits per heavy atom. The Balaban J connectivity index is 1.63. The zero-order chi connectivity index (χ0) is 21.0. The van der Waals surface area contributed by atoms with E-state index in [9.17, 15) is 14.4 Å². The Bertz CT molecular complexity index is 925. The molecular formula is C22H24N2O5. The number of hydrogen-bond acceptors (Lipinski definition) is 5. The number of fused-ring (bicyclic) bond motifs is 1. The molecule has 152 valence electrons. The lowest BCUT2D eigenvalue weighted by Gasteiger charge is -2.32. The van der Waals surface area contributed by atoms with Crippen LogP contribution in [0.25, 0.3) is 0 Å². The largest absolute Gasteiger partial charge is 0.479 e. The summed E-state index contributed by atoms with van der Waals surface area (Å²) in [6.07, 6.45) is -0.721. The van der Waals surface area contributed by atoms with E-state index in [1.807, 2.05) is 12.1 Å². The van der Waals surface area contributed by atoms with Crippen LogP contribution in [0.2, 0.25) is 0 Å². The van der Waals surface area contributed by atoms with Crippen molar-refractivity contribution >= 4 is 29.2 Å². The van der Waals surface area contributed by atoms with E-state index in [0.717, 1.165) is 0 Å². The second-order valence-corrected chi connectivity index (χ2v) is 7.05. The van der Waals surface area contributed by atoms with Crippen molar-refractivity contribution in [2.24, 2.45) is 0 Å². The van der Waals surface area contributed by atoms with Gasteiger partial charge >= 0.3 is 5.97 Å². The summed E-state index contributed by atoms with van der Waals surface area (Å²) in [4.78, 5) is 38.5. The van der Waals surface area contributed by atoms with Gasteiger partial charge in [-0.3, -0.25) is 9.59 Å². The summed E-state index contributed by atoms with van der Waals surface area (Å²) >= 11 is 0. The molecule has 1 aliphatic rings. The first-order valence-electron chi connectivity index (χ1n) is 9.53. The van der Waals surface area contributed by atoms with E-state index in [1.54, 1.807) is 62.1 Å². The predicted octanol–water partition coefficient (Wildman–Crippen LogP) is 3.39. The molecule has 0 spiro atoms. The van der Waals surface area contributed by atoms with Gasteiger partial charge in [-0.15, -0.1) is 0 Å². The summed E-state index contributed by atoms with van der Waals surface area (Å²) < 4.78 is 10.8. The first kappa shape index (κ1) is 20.4. The summed E-state index contributed by atoms with van der Waals surface area (Å²) in [5, 5.41) is 2.76. The first-order chi connectivity index (χ1) is 13.8. The summed E-state index contributed by atoms with van der Waals surface area (Å²) in [6.45, 7) is 5.46. The number of ether oxygens (including phenoxy) is 2. The number of anilines is 2. The van der Waals surface area contributed by atoms with Crippen molar-refractivity contribution in [1.82, 2.24) is 0 Å². The van der Waals surface area contributed by atoms with Crippen LogP contribution in [0, 0.1) is 0 Å². The molecule has 7 heteroatoms. The SMILES string of the molecule is CC(C)OC(=O)c1cccc(NC(=O)CCN2C(=O)C(C)Oc3ccccc32)c1. The van der Waals surface area contributed by atoms with Gasteiger partial charge in [-0.25, -0.2) is 4.79 Å². The standard InChI is InChI=1S/C22H24N2O5/c1-14(2)28-22(27)16-7-6-8-17(13-16)23-20(25)11-12-24-18-9-4-5-10-19(18)29-15(3)21(24)26/h4-10,13-15H,11-12H2,1-3H3,(H,23,25). The van der Waals surface area contributed by atoms with E-state index in [1.165, 1.54) is 0 Å². The van der Waals surface area contributed by atoms with E-state index in [0.29, 0.717) is 22.7 Å². The third-order valence-corrected chi connectivity index (χ3v) is 4.36. The van der Waals surface area contributed by atoms with Gasteiger partial charge in [0.25, 0.3) is 5.91 Å². The molecule has 1 unspecified atom stereocenters. The van der Waals surface area contributed by atoms with Crippen LogP contribution in [0.1, 0.15) is 37.6 Å². The molecule has 1 aliphatic heterocycles. The van der Waals surface area contributed by atoms with Crippen LogP contribution in [0.15, 0.2) is 48.5 Å². The molecule has 2 amide bonds. The average molecular weight is 396 g/mol. The molecule has 0 aliphatic carbocycles. The first-order valence-corrected chi connectivity index (χ1v) is 9.53. The van der Waals surface area contributed by atoms with E-state index in [-0.39, 0.29) is 30.9 Å². The van der Waals surface area contributed by atoms with Crippen LogP contribution >= 0.6 is 0 Å². The number of nitrogens with one attached hydrogen (secondary N) is 1. The Hall–Kier alpha value is -3.35. The lowest BCUT2D eigenvalue weighted by atomic mass is 10.1. The third kappa shape index (κ3) is 4.93. The van der Waals surface area contributed by atoms with Crippen molar-refractivity contribution in [2.45, 2.75) is 39.4 Å². The van der Waals surface area contributed by atoms with Crippen molar-refractivity contribution in [2.75, 3.05) is 16.8 Å². The molecule has 1 heterocycles. The zero-order valence-corrected chi connectivity index (χ0v) is 16.7. The Kier molecular flexibility index (Phi) is 6.16. The zero-order valence-electron chi connectivity index (χ0n) is 16.7. The quantitative estimate of drug-likeness (QED) is 0.757. The highest BCUT2D eigenvalue weighted by atomic mass is 16.5. The fourth-order valence-corrected chi connectivity index (χ4v) is 3.03. The molecule has 0 radical (unpaired) electrons. The lowest BCUT2D eigenvalue weighted by molar-refractivity contribution is -0.125. The van der Waals surface area contributed by atoms with Gasteiger partial charge in [-0.1, -0.05) is 18.2 Å². The lowest BCUT2D eigenvalue weighted by Crippen LogP contribution is -2.45. The van der Waals surface area contributed by atoms with Gasteiger partial charge in [-0.05, 0) is 51.1 Å². The van der Waals surface area contributed by atoms with Crippen molar-refractivity contribution in [3.05, 3.63) is 54.1 Å². The van der Waals surface area contributed by atoms with Gasteiger partial charge in [0.2, 0.25) is 5.91 Å². The molecule has 0 saturated carbocycles. The number of carbonyl (C=O) groups is 3. The van der Waals surface area contributed by atoms with Gasteiger partial charge in [0.05, 0.1) is 17.4 Å². The topological polar surface area (TPSA) is 84.9 Å². The smallest absolute Gasteiger partial charge is 0.338 e. The fourth-order valence-electron chi connectivity index (χ4n) is 3.03. The van der Waals surface area contributed by atoms with E-state index < -0.39 is 12.1 Å². The van der Waals surface area contributed by atoms with Crippen LogP contribution in [0.4, 0.5) is 11.4 Å². The Morgan fingerprint density at radius 2 is 1.93 bits per heavy atom. The second-order valence-electron chi connectivity index (χ2n) is 7.05. The van der Waals surface area contributed by atoms with Crippen LogP contribution < -0.4 is 15.0 Å². The molecule has 2 aromatic carbocycles. The second kappa shape index (κ2) is 8.77. The minimum absolute atomic E-state index is 0.105. The summed E-state index contributed by atoms with van der Waals surface area (Å²) in [7, 11) is 0. The minimum atomic E-state index is -0.600. The molecule has 2 aromatic rings. The molecule has 0 bridgehead atoms. The molecule has 1 atom stereocenters. The highest BCUT2D eigenvalue weighted by molar-refractivity contribution is 6.01. The van der Waals surface area contributed by atoms with E-state index in [2.05, 4.69) is 5.32 Å². The Morgan fingerprint density at radius 1 is 1.17 bits per heavy atom. The predicted molar refractivity (Wildman–Crippen MR) is 109 cm³/mol. The van der Waals surface area contributed by atoms with E-state index >= 15 is 0 Å². The average Bonchev–Trinajstić information content (AvgIpc) is 2.68. The molecule has 0 saturated heterocycles. The normalized spacial score (nSPS) is 15.5. The molecule has 29 heavy (non-hydrogen) atoms. The van der Waals surface area contributed by atoms with Gasteiger partial charge in [0.1, 0.15) is 5.75 Å². The van der Waals surface area contributed by atoms with Gasteiger partial charge in [0.15, 0.2) is 6.10 Å². The Labute approximate surface area is 169 Å². The minimum Gasteiger partial charge on any atom is -0.479 e. The molecule has 1 N–H and O–H groups in total. The van der Waals surface area contributed by atoms with Crippen LogP contribution in [0.5, 0.6) is 5.75 Å². The number of benzene rings is 2. The van der Waals surface area contributed by atoms with Crippen LogP contribution in [-0.4, -0.2) is 36.5 Å². The van der Waals surface area contributed by atoms with Gasteiger partial charge in [0, 0.05) is 18.7 Å². The number of carbonyl (C=O) groups excluding carboxylic acids is 3. The molecule has 0 aromatic heterocycles. The maximum atomic E-state index is 12.5. The van der Waals surface area contributed by atoms with Gasteiger partial charge < -0.3 is 19.7 Å². The molecular weight excluding hydrogens is 372 g/mol. The van der Waals surface area contributed by atoms with Crippen LogP contribution in [0.3, 0.4) is 0 Å². The number of nitrogens with zero attached hydrogens (tertiary/aromatic N) is 1. The number of esters is 1. The number of amides is 2. The highest BCUT2D eigenvalue weighted by Crippen LogP contribution is 2.33. The number of rotatable bonds is 6. The van der Waals surface area contributed by atoms with Crippen molar-refractivity contribution < 1.29 is 23.9 Å². The highest BCUT2D eigenvalue weighted by Gasteiger charge is 2.31. The summed E-state index contributed by atoms with van der Waals surface area (Å²) in [6, 6.07) is 13.8. The van der Waals surface area contributed by atoms with E-state index in [4.69, 9.17) is 9.47 Å².